The van der Waals surface area contributed by atoms with E-state index in [9.17, 15) is 18.9 Å². The van der Waals surface area contributed by atoms with Gasteiger partial charge >= 0.3 is 5.69 Å². The Balaban J connectivity index is 2.79. The quantitative estimate of drug-likeness (QED) is 0.552. The first kappa shape index (κ1) is 10.3. The third-order valence-electron chi connectivity index (χ3n) is 1.32. The van der Waals surface area contributed by atoms with E-state index in [1.807, 2.05) is 0 Å². The number of aromatic nitrogens is 1. The van der Waals surface area contributed by atoms with Crippen LogP contribution in [0.3, 0.4) is 0 Å². The number of alkyl halides is 2. The Morgan fingerprint density at radius 2 is 2.36 bits per heavy atom. The molecule has 0 aromatic carbocycles. The van der Waals surface area contributed by atoms with Crippen molar-refractivity contribution < 1.29 is 18.4 Å². The molecule has 1 aromatic heterocycles. The normalized spacial score (nSPS) is 10.2. The van der Waals surface area contributed by atoms with Gasteiger partial charge in [-0.1, -0.05) is 0 Å². The molecule has 0 amide bonds. The molecule has 0 fully saturated rings. The molecule has 5 nitrogen and oxygen atoms in total. The number of nitrogens with zero attached hydrogens (tertiary/aromatic N) is 2. The summed E-state index contributed by atoms with van der Waals surface area (Å²) in [5.41, 5.74) is -0.423. The van der Waals surface area contributed by atoms with Gasteiger partial charge in [-0.3, -0.25) is 15.1 Å². The fourth-order valence-corrected chi connectivity index (χ4v) is 0.785. The SMILES string of the molecule is O=[N+]([O-])c1cnccc1OCC(F)F. The number of ether oxygens (including phenoxy) is 1. The largest absolute Gasteiger partial charge is 0.481 e. The summed E-state index contributed by atoms with van der Waals surface area (Å²) >= 11 is 0. The third-order valence-corrected chi connectivity index (χ3v) is 1.32. The zero-order valence-corrected chi connectivity index (χ0v) is 6.89. The monoisotopic (exact) mass is 204 g/mol. The molecule has 1 rings (SSSR count). The number of hydrogen-bond acceptors (Lipinski definition) is 4. The maximum Gasteiger partial charge on any atom is 0.329 e. The average Bonchev–Trinajstić information content (AvgIpc) is 2.15. The van der Waals surface area contributed by atoms with Gasteiger partial charge in [-0.2, -0.15) is 0 Å². The fraction of sp³-hybridized carbons (Fsp3) is 0.286. The Bertz CT molecular complexity index is 332. The molecule has 76 valence electrons. The lowest BCUT2D eigenvalue weighted by molar-refractivity contribution is -0.386. The molecule has 0 atom stereocenters. The first-order chi connectivity index (χ1) is 6.61. The maximum absolute atomic E-state index is 11.7. The minimum atomic E-state index is -2.66. The molecular formula is C7H6F2N2O3. The Labute approximate surface area is 77.5 Å². The lowest BCUT2D eigenvalue weighted by Crippen LogP contribution is -2.08. The van der Waals surface area contributed by atoms with E-state index in [0.717, 1.165) is 6.20 Å². The molecule has 0 aliphatic rings. The van der Waals surface area contributed by atoms with E-state index < -0.39 is 23.6 Å². The number of hydrogen-bond donors (Lipinski definition) is 0. The summed E-state index contributed by atoms with van der Waals surface area (Å²) in [6, 6.07) is 1.17. The van der Waals surface area contributed by atoms with Crippen molar-refractivity contribution in [1.29, 1.82) is 0 Å². The van der Waals surface area contributed by atoms with E-state index in [-0.39, 0.29) is 5.75 Å². The predicted molar refractivity (Wildman–Crippen MR) is 42.4 cm³/mol. The van der Waals surface area contributed by atoms with Gasteiger partial charge in [-0.05, 0) is 0 Å². The Hall–Kier alpha value is -1.79. The second-order valence-electron chi connectivity index (χ2n) is 2.30. The molecule has 0 aliphatic heterocycles. The van der Waals surface area contributed by atoms with Gasteiger partial charge < -0.3 is 4.74 Å². The van der Waals surface area contributed by atoms with Crippen LogP contribution in [-0.2, 0) is 0 Å². The van der Waals surface area contributed by atoms with Crippen molar-refractivity contribution in [2.45, 2.75) is 6.43 Å². The van der Waals surface area contributed by atoms with Crippen LogP contribution in [0.1, 0.15) is 0 Å². The van der Waals surface area contributed by atoms with Crippen molar-refractivity contribution in [3.05, 3.63) is 28.6 Å². The summed E-state index contributed by atoms with van der Waals surface area (Å²) in [7, 11) is 0. The highest BCUT2D eigenvalue weighted by molar-refractivity contribution is 5.42. The zero-order valence-electron chi connectivity index (χ0n) is 6.89. The minimum absolute atomic E-state index is 0.203. The van der Waals surface area contributed by atoms with Gasteiger partial charge in [-0.15, -0.1) is 0 Å². The molecule has 0 aliphatic carbocycles. The molecule has 0 unspecified atom stereocenters. The molecule has 7 heteroatoms. The second-order valence-corrected chi connectivity index (χ2v) is 2.30. The van der Waals surface area contributed by atoms with Crippen LogP contribution in [0.5, 0.6) is 5.75 Å². The summed E-state index contributed by atoms with van der Waals surface area (Å²) < 4.78 is 28.0. The van der Waals surface area contributed by atoms with Gasteiger partial charge in [-0.25, -0.2) is 8.78 Å². The molecule has 1 heterocycles. The number of halogens is 2. The van der Waals surface area contributed by atoms with E-state index in [0.29, 0.717) is 0 Å². The van der Waals surface area contributed by atoms with Crippen LogP contribution in [0, 0.1) is 10.1 Å². The van der Waals surface area contributed by atoms with Crippen LogP contribution in [0.25, 0.3) is 0 Å². The topological polar surface area (TPSA) is 65.3 Å². The van der Waals surface area contributed by atoms with E-state index in [4.69, 9.17) is 0 Å². The standard InChI is InChI=1S/C7H6F2N2O3/c8-7(9)4-14-6-1-2-10-3-5(6)11(12)13/h1-3,7H,4H2. The molecule has 14 heavy (non-hydrogen) atoms. The van der Waals surface area contributed by atoms with Gasteiger partial charge in [0, 0.05) is 12.3 Å². The van der Waals surface area contributed by atoms with Crippen LogP contribution >= 0.6 is 0 Å². The predicted octanol–water partition coefficient (Wildman–Crippen LogP) is 1.63. The van der Waals surface area contributed by atoms with Gasteiger partial charge in [0.2, 0.25) is 5.75 Å². The molecule has 0 saturated carbocycles. The van der Waals surface area contributed by atoms with Crippen LogP contribution in [0.4, 0.5) is 14.5 Å². The number of rotatable bonds is 4. The Kier molecular flexibility index (Phi) is 3.27. The van der Waals surface area contributed by atoms with E-state index in [1.165, 1.54) is 12.3 Å². The summed E-state index contributed by atoms with van der Waals surface area (Å²) in [5, 5.41) is 10.4. The number of pyridine rings is 1. The molecular weight excluding hydrogens is 198 g/mol. The highest BCUT2D eigenvalue weighted by atomic mass is 19.3. The van der Waals surface area contributed by atoms with E-state index in [2.05, 4.69) is 9.72 Å². The molecule has 0 radical (unpaired) electrons. The summed E-state index contributed by atoms with van der Waals surface area (Å²) in [6.07, 6.45) is -0.489. The second kappa shape index (κ2) is 4.45. The van der Waals surface area contributed by atoms with Crippen LogP contribution in [0.15, 0.2) is 18.5 Å². The van der Waals surface area contributed by atoms with Crippen LogP contribution in [0.2, 0.25) is 0 Å². The van der Waals surface area contributed by atoms with Crippen molar-refractivity contribution in [3.8, 4) is 5.75 Å². The fourth-order valence-electron chi connectivity index (χ4n) is 0.785. The summed E-state index contributed by atoms with van der Waals surface area (Å²) in [5.74, 6) is -0.203. The van der Waals surface area contributed by atoms with Gasteiger partial charge in [0.05, 0.1) is 4.92 Å². The van der Waals surface area contributed by atoms with Gasteiger partial charge in [0.15, 0.2) is 0 Å². The minimum Gasteiger partial charge on any atom is -0.481 e. The van der Waals surface area contributed by atoms with E-state index in [1.54, 1.807) is 0 Å². The van der Waals surface area contributed by atoms with Crippen LogP contribution in [-0.4, -0.2) is 22.9 Å². The van der Waals surface area contributed by atoms with Gasteiger partial charge in [0.25, 0.3) is 6.43 Å². The smallest absolute Gasteiger partial charge is 0.329 e. The van der Waals surface area contributed by atoms with E-state index >= 15 is 0 Å². The molecule has 0 saturated heterocycles. The average molecular weight is 204 g/mol. The van der Waals surface area contributed by atoms with Crippen molar-refractivity contribution >= 4 is 5.69 Å². The van der Waals surface area contributed by atoms with Crippen molar-refractivity contribution in [2.24, 2.45) is 0 Å². The molecule has 0 spiro atoms. The molecule has 0 bridgehead atoms. The number of nitro groups is 1. The van der Waals surface area contributed by atoms with Crippen LogP contribution < -0.4 is 4.74 Å². The lowest BCUT2D eigenvalue weighted by Gasteiger charge is -2.04. The molecule has 0 N–H and O–H groups in total. The summed E-state index contributed by atoms with van der Waals surface area (Å²) in [4.78, 5) is 13.1. The Morgan fingerprint density at radius 3 is 2.93 bits per heavy atom. The highest BCUT2D eigenvalue weighted by Crippen LogP contribution is 2.24. The highest BCUT2D eigenvalue weighted by Gasteiger charge is 2.15. The first-order valence-electron chi connectivity index (χ1n) is 3.60. The third kappa shape index (κ3) is 2.61. The first-order valence-corrected chi connectivity index (χ1v) is 3.60. The van der Waals surface area contributed by atoms with Crippen molar-refractivity contribution in [1.82, 2.24) is 4.98 Å². The maximum atomic E-state index is 11.7. The summed E-state index contributed by atoms with van der Waals surface area (Å²) in [6.45, 7) is -0.870. The van der Waals surface area contributed by atoms with Crippen molar-refractivity contribution in [2.75, 3.05) is 6.61 Å². The lowest BCUT2D eigenvalue weighted by atomic mass is 10.4. The molecule has 1 aromatic rings. The van der Waals surface area contributed by atoms with Gasteiger partial charge in [0.1, 0.15) is 12.8 Å². The zero-order chi connectivity index (χ0) is 10.6. The van der Waals surface area contributed by atoms with Crippen molar-refractivity contribution in [3.63, 3.8) is 0 Å². The Morgan fingerprint density at radius 1 is 1.64 bits per heavy atom.